The van der Waals surface area contributed by atoms with Crippen molar-refractivity contribution in [1.29, 1.82) is 0 Å². The Balaban J connectivity index is 1.88. The summed E-state index contributed by atoms with van der Waals surface area (Å²) in [7, 11) is 0.339. The molecule has 0 unspecified atom stereocenters. The van der Waals surface area contributed by atoms with Gasteiger partial charge in [-0.2, -0.15) is 4.31 Å². The van der Waals surface area contributed by atoms with Gasteiger partial charge in [0.25, 0.3) is 0 Å². The third kappa shape index (κ3) is 5.43. The lowest BCUT2D eigenvalue weighted by molar-refractivity contribution is -0.120. The second kappa shape index (κ2) is 10.7. The molecule has 1 fully saturated rings. The fraction of sp³-hybridized carbons (Fsp3) is 0.440. The van der Waals surface area contributed by atoms with Crippen LogP contribution in [-0.2, 0) is 19.6 Å². The molecule has 35 heavy (non-hydrogen) atoms. The standard InChI is InChI=1S/C25H32N2O7S/c1-15-10-16(2)23(17(3)11-15)35(30,31)27-9-7-8-18(14-27)24(28)26-20-13-22(33-5)21(32-4)12-19(20)25(29)34-6/h10-13,18H,7-9,14H2,1-6H3,(H,26,28)/t18-/m1/s1. The summed E-state index contributed by atoms with van der Waals surface area (Å²) in [6.07, 6.45) is 1.06. The number of anilines is 1. The number of methoxy groups -OCH3 is 3. The lowest BCUT2D eigenvalue weighted by atomic mass is 9.98. The molecule has 2 aromatic rings. The van der Waals surface area contributed by atoms with Gasteiger partial charge in [0, 0.05) is 25.2 Å². The van der Waals surface area contributed by atoms with Crippen molar-refractivity contribution in [1.82, 2.24) is 4.31 Å². The number of sulfonamides is 1. The minimum Gasteiger partial charge on any atom is -0.493 e. The highest BCUT2D eigenvalue weighted by molar-refractivity contribution is 7.89. The quantitative estimate of drug-likeness (QED) is 0.575. The van der Waals surface area contributed by atoms with E-state index in [1.165, 1.54) is 37.8 Å². The number of ether oxygens (including phenoxy) is 3. The van der Waals surface area contributed by atoms with Crippen LogP contribution in [0.15, 0.2) is 29.2 Å². The van der Waals surface area contributed by atoms with Gasteiger partial charge < -0.3 is 19.5 Å². The van der Waals surface area contributed by atoms with Gasteiger partial charge in [-0.25, -0.2) is 13.2 Å². The van der Waals surface area contributed by atoms with E-state index in [4.69, 9.17) is 14.2 Å². The van der Waals surface area contributed by atoms with E-state index in [0.29, 0.717) is 42.0 Å². The molecule has 1 amide bonds. The van der Waals surface area contributed by atoms with Gasteiger partial charge in [-0.3, -0.25) is 4.79 Å². The molecule has 190 valence electrons. The molecule has 0 bridgehead atoms. The molecule has 0 spiro atoms. The van der Waals surface area contributed by atoms with Gasteiger partial charge in [0.1, 0.15) is 0 Å². The van der Waals surface area contributed by atoms with Crippen LogP contribution in [0.2, 0.25) is 0 Å². The number of aryl methyl sites for hydroxylation is 3. The molecular weight excluding hydrogens is 472 g/mol. The fourth-order valence-electron chi connectivity index (χ4n) is 4.57. The molecule has 1 aliphatic heterocycles. The molecule has 1 atom stereocenters. The van der Waals surface area contributed by atoms with E-state index < -0.39 is 21.9 Å². The Morgan fingerprint density at radius 2 is 1.57 bits per heavy atom. The number of nitrogens with one attached hydrogen (secondary N) is 1. The minimum atomic E-state index is -3.78. The average Bonchev–Trinajstić information content (AvgIpc) is 2.82. The number of hydrogen-bond donors (Lipinski definition) is 1. The second-order valence-corrected chi connectivity index (χ2v) is 10.5. The third-order valence-electron chi connectivity index (χ3n) is 6.14. The zero-order valence-corrected chi connectivity index (χ0v) is 21.7. The van der Waals surface area contributed by atoms with Gasteiger partial charge in [0.05, 0.1) is 43.4 Å². The first-order valence-corrected chi connectivity index (χ1v) is 12.7. The SMILES string of the molecule is COC(=O)c1cc(OC)c(OC)cc1NC(=O)[C@@H]1CCCN(S(=O)(=O)c2c(C)cc(C)cc2C)C1. The van der Waals surface area contributed by atoms with E-state index in [0.717, 1.165) is 5.56 Å². The topological polar surface area (TPSA) is 111 Å². The number of carbonyl (C=O) groups is 2. The number of piperidine rings is 1. The van der Waals surface area contributed by atoms with Crippen molar-refractivity contribution in [2.75, 3.05) is 39.7 Å². The van der Waals surface area contributed by atoms with Crippen molar-refractivity contribution >= 4 is 27.6 Å². The van der Waals surface area contributed by atoms with Crippen molar-refractivity contribution in [3.63, 3.8) is 0 Å². The monoisotopic (exact) mass is 504 g/mol. The maximum absolute atomic E-state index is 13.5. The zero-order valence-electron chi connectivity index (χ0n) is 20.9. The number of rotatable bonds is 7. The van der Waals surface area contributed by atoms with Crippen molar-refractivity contribution in [3.05, 3.63) is 46.5 Å². The van der Waals surface area contributed by atoms with E-state index >= 15 is 0 Å². The van der Waals surface area contributed by atoms with Crippen molar-refractivity contribution in [3.8, 4) is 11.5 Å². The highest BCUT2D eigenvalue weighted by Gasteiger charge is 2.35. The van der Waals surface area contributed by atoms with E-state index in [1.54, 1.807) is 13.8 Å². The molecule has 0 aliphatic carbocycles. The smallest absolute Gasteiger partial charge is 0.340 e. The lowest BCUT2D eigenvalue weighted by Crippen LogP contribution is -2.44. The van der Waals surface area contributed by atoms with Gasteiger partial charge in [-0.1, -0.05) is 17.7 Å². The minimum absolute atomic E-state index is 0.0434. The van der Waals surface area contributed by atoms with Gasteiger partial charge in [-0.15, -0.1) is 0 Å². The van der Waals surface area contributed by atoms with Gasteiger partial charge in [0.2, 0.25) is 15.9 Å². The van der Waals surface area contributed by atoms with Crippen LogP contribution in [-0.4, -0.2) is 59.0 Å². The molecular formula is C25H32N2O7S. The molecule has 1 heterocycles. The fourth-order valence-corrected chi connectivity index (χ4v) is 6.51. The predicted octanol–water partition coefficient (Wildman–Crippen LogP) is 3.46. The van der Waals surface area contributed by atoms with Crippen molar-refractivity contribution in [2.45, 2.75) is 38.5 Å². The van der Waals surface area contributed by atoms with Gasteiger partial charge in [0.15, 0.2) is 11.5 Å². The molecule has 1 N–H and O–H groups in total. The normalized spacial score (nSPS) is 16.5. The maximum atomic E-state index is 13.5. The summed E-state index contributed by atoms with van der Waals surface area (Å²) in [5.74, 6) is -1.000. The first-order chi connectivity index (χ1) is 16.5. The second-order valence-electron chi connectivity index (χ2n) is 8.66. The largest absolute Gasteiger partial charge is 0.493 e. The zero-order chi connectivity index (χ0) is 25.9. The Morgan fingerprint density at radius 3 is 2.14 bits per heavy atom. The number of nitrogens with zero attached hydrogens (tertiary/aromatic N) is 1. The third-order valence-corrected chi connectivity index (χ3v) is 8.32. The number of benzene rings is 2. The summed E-state index contributed by atoms with van der Waals surface area (Å²) in [5, 5.41) is 2.77. The highest BCUT2D eigenvalue weighted by atomic mass is 32.2. The van der Waals surface area contributed by atoms with Gasteiger partial charge in [-0.05, 0) is 44.7 Å². The predicted molar refractivity (Wildman–Crippen MR) is 132 cm³/mol. The molecule has 3 rings (SSSR count). The maximum Gasteiger partial charge on any atom is 0.340 e. The first kappa shape index (κ1) is 26.5. The Morgan fingerprint density at radius 1 is 0.971 bits per heavy atom. The molecule has 0 aromatic heterocycles. The summed E-state index contributed by atoms with van der Waals surface area (Å²) in [4.78, 5) is 25.8. The van der Waals surface area contributed by atoms with Crippen LogP contribution in [0.5, 0.6) is 11.5 Å². The Hall–Kier alpha value is -3.11. The summed E-state index contributed by atoms with van der Waals surface area (Å²) in [5.41, 5.74) is 2.66. The number of amides is 1. The molecule has 0 saturated carbocycles. The molecule has 2 aromatic carbocycles. The molecule has 10 heteroatoms. The summed E-state index contributed by atoms with van der Waals surface area (Å²) in [6.45, 7) is 5.87. The first-order valence-electron chi connectivity index (χ1n) is 11.3. The Bertz CT molecular complexity index is 1220. The van der Waals surface area contributed by atoms with E-state index in [9.17, 15) is 18.0 Å². The van der Waals surface area contributed by atoms with Crippen LogP contribution in [0.3, 0.4) is 0 Å². The van der Waals surface area contributed by atoms with E-state index in [2.05, 4.69) is 5.32 Å². The van der Waals surface area contributed by atoms with Crippen LogP contribution in [0.25, 0.3) is 0 Å². The van der Waals surface area contributed by atoms with Crippen LogP contribution in [0.1, 0.15) is 39.9 Å². The molecule has 9 nitrogen and oxygen atoms in total. The van der Waals surface area contributed by atoms with Gasteiger partial charge >= 0.3 is 5.97 Å². The van der Waals surface area contributed by atoms with Crippen molar-refractivity contribution in [2.24, 2.45) is 5.92 Å². The number of esters is 1. The van der Waals surface area contributed by atoms with Crippen LogP contribution in [0, 0.1) is 26.7 Å². The number of hydrogen-bond acceptors (Lipinski definition) is 7. The lowest BCUT2D eigenvalue weighted by Gasteiger charge is -2.32. The van der Waals surface area contributed by atoms with Crippen molar-refractivity contribution < 1.29 is 32.2 Å². The molecule has 0 radical (unpaired) electrons. The summed E-state index contributed by atoms with van der Waals surface area (Å²) in [6, 6.07) is 6.61. The Labute approximate surface area is 206 Å². The Kier molecular flexibility index (Phi) is 8.07. The number of carbonyl (C=O) groups excluding carboxylic acids is 2. The van der Waals surface area contributed by atoms with Crippen LogP contribution < -0.4 is 14.8 Å². The average molecular weight is 505 g/mol. The van der Waals surface area contributed by atoms with Crippen LogP contribution in [0.4, 0.5) is 5.69 Å². The van der Waals surface area contributed by atoms with Crippen LogP contribution >= 0.6 is 0 Å². The van der Waals surface area contributed by atoms with E-state index in [1.807, 2.05) is 19.1 Å². The van der Waals surface area contributed by atoms with E-state index in [-0.39, 0.29) is 28.6 Å². The summed E-state index contributed by atoms with van der Waals surface area (Å²) >= 11 is 0. The highest BCUT2D eigenvalue weighted by Crippen LogP contribution is 2.35. The molecule has 1 saturated heterocycles. The molecule has 1 aliphatic rings. The summed E-state index contributed by atoms with van der Waals surface area (Å²) < 4.78 is 43.8.